The maximum absolute atomic E-state index is 11.5. The van der Waals surface area contributed by atoms with Crippen molar-refractivity contribution in [2.75, 3.05) is 19.0 Å². The van der Waals surface area contributed by atoms with Crippen LogP contribution in [0.25, 0.3) is 0 Å². The third-order valence-corrected chi connectivity index (χ3v) is 7.82. The van der Waals surface area contributed by atoms with Gasteiger partial charge in [0, 0.05) is 41.6 Å². The van der Waals surface area contributed by atoms with E-state index in [1.807, 2.05) is 20.9 Å². The maximum atomic E-state index is 11.5. The predicted molar refractivity (Wildman–Crippen MR) is 128 cm³/mol. The van der Waals surface area contributed by atoms with Crippen LogP contribution < -0.4 is 4.90 Å². The second kappa shape index (κ2) is 7.15. The van der Waals surface area contributed by atoms with Crippen LogP contribution >= 0.6 is 0 Å². The van der Waals surface area contributed by atoms with E-state index in [2.05, 4.69) is 73.7 Å². The number of fused-ring (bicyclic) bond motifs is 2. The Morgan fingerprint density at radius 1 is 1.00 bits per heavy atom. The lowest BCUT2D eigenvalue weighted by Crippen LogP contribution is -2.27. The van der Waals surface area contributed by atoms with Crippen molar-refractivity contribution in [1.29, 1.82) is 0 Å². The largest absolute Gasteiger partial charge is 0.744 e. The number of allylic oxidation sites excluding steroid dienone is 4. The minimum Gasteiger partial charge on any atom is -0.744 e. The molecule has 0 aliphatic carbocycles. The molecule has 168 valence electrons. The second-order valence-corrected chi connectivity index (χ2v) is 11.2. The molecule has 0 spiro atoms. The van der Waals surface area contributed by atoms with E-state index in [4.69, 9.17) is 0 Å². The molecule has 4 rings (SSSR count). The van der Waals surface area contributed by atoms with Crippen LogP contribution in [0.1, 0.15) is 44.4 Å². The number of aryl methyl sites for hydroxylation is 1. The van der Waals surface area contributed by atoms with Gasteiger partial charge in [0.2, 0.25) is 5.69 Å². The number of hydrogen-bond acceptors (Lipinski definition) is 4. The van der Waals surface area contributed by atoms with Gasteiger partial charge in [-0.3, -0.25) is 0 Å². The lowest BCUT2D eigenvalue weighted by molar-refractivity contribution is -0.401. The van der Waals surface area contributed by atoms with Crippen molar-refractivity contribution >= 4 is 27.2 Å². The van der Waals surface area contributed by atoms with Crippen LogP contribution in [0.2, 0.25) is 0 Å². The molecule has 0 N–H and O–H groups in total. The molecule has 2 aliphatic rings. The van der Waals surface area contributed by atoms with E-state index < -0.39 is 15.5 Å². The van der Waals surface area contributed by atoms with Gasteiger partial charge in [-0.25, -0.2) is 8.42 Å². The summed E-state index contributed by atoms with van der Waals surface area (Å²) in [6.07, 6.45) is 6.30. The Morgan fingerprint density at radius 2 is 1.69 bits per heavy atom. The number of likely N-dealkylation sites (N-methyl/N-ethyl adjacent to an activating group) is 1. The highest BCUT2D eigenvalue weighted by Gasteiger charge is 2.43. The van der Waals surface area contributed by atoms with Crippen molar-refractivity contribution in [1.82, 2.24) is 0 Å². The molecule has 2 aromatic rings. The third-order valence-electron chi connectivity index (χ3n) is 6.99. The topological polar surface area (TPSA) is 63.4 Å². The number of benzene rings is 2. The summed E-state index contributed by atoms with van der Waals surface area (Å²) in [5.74, 6) is 0. The number of anilines is 1. The first-order valence-electron chi connectivity index (χ1n) is 10.7. The minimum atomic E-state index is -4.50. The molecular formula is C26H30N2O3S. The molecule has 0 atom stereocenters. The summed E-state index contributed by atoms with van der Waals surface area (Å²) < 4.78 is 36.7. The van der Waals surface area contributed by atoms with Gasteiger partial charge in [-0.05, 0) is 50.6 Å². The zero-order valence-electron chi connectivity index (χ0n) is 19.7. The highest BCUT2D eigenvalue weighted by Crippen LogP contribution is 2.47. The molecule has 0 fully saturated rings. The van der Waals surface area contributed by atoms with Crippen molar-refractivity contribution in [3.8, 4) is 0 Å². The van der Waals surface area contributed by atoms with Gasteiger partial charge in [-0.15, -0.1) is 0 Å². The second-order valence-electron chi connectivity index (χ2n) is 9.82. The fourth-order valence-electron chi connectivity index (χ4n) is 5.15. The molecule has 0 saturated carbocycles. The van der Waals surface area contributed by atoms with Crippen molar-refractivity contribution in [3.05, 3.63) is 77.0 Å². The smallest absolute Gasteiger partial charge is 0.209 e. The van der Waals surface area contributed by atoms with Crippen LogP contribution in [0, 0.1) is 6.92 Å². The van der Waals surface area contributed by atoms with Crippen molar-refractivity contribution < 1.29 is 17.5 Å². The molecule has 2 aliphatic heterocycles. The summed E-state index contributed by atoms with van der Waals surface area (Å²) in [7, 11) is -0.429. The molecule has 0 bridgehead atoms. The summed E-state index contributed by atoms with van der Waals surface area (Å²) >= 11 is 0. The van der Waals surface area contributed by atoms with Gasteiger partial charge in [0.25, 0.3) is 0 Å². The van der Waals surface area contributed by atoms with Crippen LogP contribution in [0.3, 0.4) is 0 Å². The third kappa shape index (κ3) is 3.33. The Balaban J connectivity index is 1.71. The first-order chi connectivity index (χ1) is 14.8. The van der Waals surface area contributed by atoms with Crippen LogP contribution in [-0.4, -0.2) is 37.4 Å². The van der Waals surface area contributed by atoms with E-state index in [-0.39, 0.29) is 10.3 Å². The molecule has 5 nitrogen and oxygen atoms in total. The SMILES string of the molecule is Cc1ccc2c(c1)C(C)(C)C(=CC=CC1=[N+](C)c3ccc(S(=O)(=O)[O-])cc3C1(C)C)N2C. The Morgan fingerprint density at radius 3 is 2.34 bits per heavy atom. The van der Waals surface area contributed by atoms with E-state index in [1.54, 1.807) is 6.07 Å². The first-order valence-corrected chi connectivity index (χ1v) is 12.1. The number of hydrogen-bond donors (Lipinski definition) is 0. The van der Waals surface area contributed by atoms with Gasteiger partial charge in [0.05, 0.1) is 10.3 Å². The van der Waals surface area contributed by atoms with Gasteiger partial charge >= 0.3 is 0 Å². The highest BCUT2D eigenvalue weighted by molar-refractivity contribution is 7.85. The number of rotatable bonds is 3. The van der Waals surface area contributed by atoms with Crippen LogP contribution in [0.4, 0.5) is 11.4 Å². The molecule has 0 unspecified atom stereocenters. The summed E-state index contributed by atoms with van der Waals surface area (Å²) in [5, 5.41) is 0. The van der Waals surface area contributed by atoms with Gasteiger partial charge in [-0.1, -0.05) is 37.6 Å². The monoisotopic (exact) mass is 450 g/mol. The normalized spacial score (nSPS) is 20.4. The Bertz CT molecular complexity index is 1330. The van der Waals surface area contributed by atoms with E-state index >= 15 is 0 Å². The summed E-state index contributed by atoms with van der Waals surface area (Å²) in [6, 6.07) is 11.2. The maximum Gasteiger partial charge on any atom is 0.209 e. The standard InChI is InChI=1S/C26H30N2O3S/c1-17-11-13-21-19(15-17)25(2,3)23(27(21)6)9-8-10-24-26(4,5)20-16-18(32(29,30)31)12-14-22(20)28(24)7/h8-16H,1-7H3. The fourth-order valence-corrected chi connectivity index (χ4v) is 5.65. The predicted octanol–water partition coefficient (Wildman–Crippen LogP) is 4.77. The van der Waals surface area contributed by atoms with Crippen LogP contribution in [-0.2, 0) is 20.9 Å². The Kier molecular flexibility index (Phi) is 5.03. The molecule has 32 heavy (non-hydrogen) atoms. The molecular weight excluding hydrogens is 420 g/mol. The fraction of sp³-hybridized carbons (Fsp3) is 0.346. The Labute approximate surface area is 191 Å². The van der Waals surface area contributed by atoms with Crippen LogP contribution in [0.15, 0.2) is 65.2 Å². The van der Waals surface area contributed by atoms with Crippen molar-refractivity contribution in [2.24, 2.45) is 0 Å². The van der Waals surface area contributed by atoms with E-state index in [0.29, 0.717) is 0 Å². The molecule has 0 aromatic heterocycles. The summed E-state index contributed by atoms with van der Waals surface area (Å²) in [6.45, 7) is 10.7. The average molecular weight is 451 g/mol. The Hall–Kier alpha value is -2.70. The van der Waals surface area contributed by atoms with Gasteiger partial charge in [0.1, 0.15) is 17.2 Å². The average Bonchev–Trinajstić information content (AvgIpc) is 3.00. The summed E-state index contributed by atoms with van der Waals surface area (Å²) in [5.41, 5.74) is 7.27. The molecule has 2 heterocycles. The van der Waals surface area contributed by atoms with Crippen molar-refractivity contribution in [2.45, 2.75) is 50.3 Å². The molecule has 0 radical (unpaired) electrons. The van der Waals surface area contributed by atoms with Gasteiger partial charge < -0.3 is 9.45 Å². The summed E-state index contributed by atoms with van der Waals surface area (Å²) in [4.78, 5) is 2.06. The molecule has 6 heteroatoms. The first kappa shape index (κ1) is 22.5. The van der Waals surface area contributed by atoms with Crippen molar-refractivity contribution in [3.63, 3.8) is 0 Å². The van der Waals surface area contributed by atoms with E-state index in [1.165, 1.54) is 34.6 Å². The zero-order valence-corrected chi connectivity index (χ0v) is 20.5. The number of nitrogens with zero attached hydrogens (tertiary/aromatic N) is 2. The molecule has 2 aromatic carbocycles. The van der Waals surface area contributed by atoms with Gasteiger partial charge in [-0.2, -0.15) is 4.58 Å². The quantitative estimate of drug-likeness (QED) is 0.499. The van der Waals surface area contributed by atoms with Gasteiger partial charge in [0.15, 0.2) is 5.71 Å². The lowest BCUT2D eigenvalue weighted by Gasteiger charge is -2.23. The molecule has 0 amide bonds. The van der Waals surface area contributed by atoms with Crippen LogP contribution in [0.5, 0.6) is 0 Å². The molecule has 0 saturated heterocycles. The highest BCUT2D eigenvalue weighted by atomic mass is 32.2. The van der Waals surface area contributed by atoms with E-state index in [0.717, 1.165) is 17.0 Å². The zero-order chi connectivity index (χ0) is 23.6. The lowest BCUT2D eigenvalue weighted by atomic mass is 9.81. The van der Waals surface area contributed by atoms with E-state index in [9.17, 15) is 13.0 Å². The minimum absolute atomic E-state index is 0.109.